The molecule has 1 aromatic rings. The van der Waals surface area contributed by atoms with E-state index in [9.17, 15) is 14.4 Å². The Balaban J connectivity index is 2.15. The molecule has 0 radical (unpaired) electrons. The molecule has 1 aliphatic rings. The van der Waals surface area contributed by atoms with Crippen molar-refractivity contribution in [3.8, 4) is 0 Å². The Hall–Kier alpha value is -2.11. The summed E-state index contributed by atoms with van der Waals surface area (Å²) in [4.78, 5) is 38.3. The average molecular weight is 334 g/mol. The van der Waals surface area contributed by atoms with Crippen LogP contribution in [0.25, 0.3) is 0 Å². The molecule has 0 saturated heterocycles. The Labute approximate surface area is 142 Å². The highest BCUT2D eigenvalue weighted by molar-refractivity contribution is 6.04. The maximum absolute atomic E-state index is 12.4. The van der Waals surface area contributed by atoms with E-state index in [1.54, 1.807) is 11.8 Å². The Morgan fingerprint density at radius 3 is 2.42 bits per heavy atom. The molecule has 0 fully saturated rings. The van der Waals surface area contributed by atoms with Gasteiger partial charge in [-0.1, -0.05) is 13.8 Å². The molecular formula is C18H26N2O4. The van der Waals surface area contributed by atoms with Crippen LogP contribution in [0.1, 0.15) is 66.4 Å². The summed E-state index contributed by atoms with van der Waals surface area (Å²) < 4.78 is 5.69. The molecule has 1 N–H and O–H groups in total. The van der Waals surface area contributed by atoms with Crippen LogP contribution in [0.4, 0.5) is 0 Å². The highest BCUT2D eigenvalue weighted by Gasteiger charge is 2.37. The molecule has 132 valence electrons. The third-order valence-electron chi connectivity index (χ3n) is 4.50. The quantitative estimate of drug-likeness (QED) is 0.896. The molecule has 1 aliphatic carbocycles. The number of rotatable bonds is 5. The van der Waals surface area contributed by atoms with E-state index >= 15 is 0 Å². The van der Waals surface area contributed by atoms with Crippen LogP contribution in [0.2, 0.25) is 0 Å². The number of hydrogen-bond acceptors (Lipinski definition) is 4. The van der Waals surface area contributed by atoms with Gasteiger partial charge in [0.15, 0.2) is 11.5 Å². The zero-order chi connectivity index (χ0) is 18.1. The van der Waals surface area contributed by atoms with Crippen LogP contribution >= 0.6 is 0 Å². The monoisotopic (exact) mass is 334 g/mol. The molecule has 24 heavy (non-hydrogen) atoms. The van der Waals surface area contributed by atoms with Crippen LogP contribution in [0.15, 0.2) is 4.42 Å². The van der Waals surface area contributed by atoms with Gasteiger partial charge in [0.25, 0.3) is 5.91 Å². The number of nitrogens with zero attached hydrogens (tertiary/aromatic N) is 1. The second-order valence-electron chi connectivity index (χ2n) is 7.04. The van der Waals surface area contributed by atoms with Crippen molar-refractivity contribution in [2.45, 2.75) is 47.5 Å². The maximum Gasteiger partial charge on any atom is 0.287 e. The molecule has 0 aliphatic heterocycles. The van der Waals surface area contributed by atoms with Crippen molar-refractivity contribution in [3.63, 3.8) is 0 Å². The number of amides is 2. The molecular weight excluding hydrogens is 308 g/mol. The van der Waals surface area contributed by atoms with E-state index in [1.807, 2.05) is 27.7 Å². The van der Waals surface area contributed by atoms with Crippen molar-refractivity contribution in [2.24, 2.45) is 5.41 Å². The summed E-state index contributed by atoms with van der Waals surface area (Å²) in [6, 6.07) is 0. The lowest BCUT2D eigenvalue weighted by molar-refractivity contribution is -0.129. The van der Waals surface area contributed by atoms with Gasteiger partial charge in [0, 0.05) is 31.5 Å². The summed E-state index contributed by atoms with van der Waals surface area (Å²) in [6.07, 6.45) is 1.07. The molecule has 6 nitrogen and oxygen atoms in total. The average Bonchev–Trinajstić information content (AvgIpc) is 2.81. The normalized spacial score (nSPS) is 15.8. The van der Waals surface area contributed by atoms with Crippen molar-refractivity contribution in [3.05, 3.63) is 22.6 Å². The second kappa shape index (κ2) is 6.79. The lowest BCUT2D eigenvalue weighted by Crippen LogP contribution is -2.40. The Morgan fingerprint density at radius 1 is 1.21 bits per heavy atom. The van der Waals surface area contributed by atoms with Gasteiger partial charge in [-0.3, -0.25) is 14.4 Å². The highest BCUT2D eigenvalue weighted by Crippen LogP contribution is 2.38. The van der Waals surface area contributed by atoms with Crippen LogP contribution in [0.3, 0.4) is 0 Å². The number of likely N-dealkylation sites (N-methyl/N-ethyl adjacent to an activating group) is 1. The summed E-state index contributed by atoms with van der Waals surface area (Å²) in [5.41, 5.74) is 0.939. The van der Waals surface area contributed by atoms with Crippen LogP contribution < -0.4 is 5.32 Å². The topological polar surface area (TPSA) is 79.6 Å². The van der Waals surface area contributed by atoms with Gasteiger partial charge in [0.2, 0.25) is 5.91 Å². The minimum Gasteiger partial charge on any atom is -0.455 e. The van der Waals surface area contributed by atoms with Gasteiger partial charge >= 0.3 is 0 Å². The Bertz CT molecular complexity index is 669. The number of ketones is 1. The van der Waals surface area contributed by atoms with Crippen molar-refractivity contribution in [2.75, 3.05) is 19.6 Å². The fourth-order valence-electron chi connectivity index (χ4n) is 3.22. The molecule has 2 rings (SSSR count). The number of carbonyl (C=O) groups is 3. The van der Waals surface area contributed by atoms with Gasteiger partial charge in [-0.15, -0.1) is 0 Å². The van der Waals surface area contributed by atoms with Gasteiger partial charge in [-0.25, -0.2) is 0 Å². The zero-order valence-electron chi connectivity index (χ0n) is 15.1. The Morgan fingerprint density at radius 2 is 1.83 bits per heavy atom. The highest BCUT2D eigenvalue weighted by atomic mass is 16.4. The van der Waals surface area contributed by atoms with Crippen LogP contribution in [0, 0.1) is 12.3 Å². The summed E-state index contributed by atoms with van der Waals surface area (Å²) >= 11 is 0. The van der Waals surface area contributed by atoms with E-state index in [1.165, 1.54) is 0 Å². The summed E-state index contributed by atoms with van der Waals surface area (Å²) in [6.45, 7) is 10.6. The first-order valence-corrected chi connectivity index (χ1v) is 8.41. The van der Waals surface area contributed by atoms with Gasteiger partial charge < -0.3 is 14.6 Å². The Kier molecular flexibility index (Phi) is 5.16. The van der Waals surface area contributed by atoms with Crippen LogP contribution in [-0.2, 0) is 11.2 Å². The van der Waals surface area contributed by atoms with E-state index in [0.29, 0.717) is 42.8 Å². The fraction of sp³-hybridized carbons (Fsp3) is 0.611. The van der Waals surface area contributed by atoms with Crippen molar-refractivity contribution >= 4 is 17.6 Å². The minimum absolute atomic E-state index is 0.0146. The number of fused-ring (bicyclic) bond motifs is 1. The standard InChI is InChI=1S/C18H26N2O4/c1-6-20(7-2)14(22)10-19-17(23)16-11(3)15-12(21)8-18(4,5)9-13(15)24-16/h6-10H2,1-5H3,(H,19,23). The van der Waals surface area contributed by atoms with E-state index < -0.39 is 5.91 Å². The van der Waals surface area contributed by atoms with Crippen molar-refractivity contribution < 1.29 is 18.8 Å². The van der Waals surface area contributed by atoms with Gasteiger partial charge in [0.1, 0.15) is 5.76 Å². The first kappa shape index (κ1) is 18.2. The van der Waals surface area contributed by atoms with Crippen LogP contribution in [0.5, 0.6) is 0 Å². The molecule has 0 unspecified atom stereocenters. The largest absolute Gasteiger partial charge is 0.455 e. The minimum atomic E-state index is -0.451. The molecule has 0 spiro atoms. The predicted octanol–water partition coefficient (Wildman–Crippen LogP) is 2.34. The third kappa shape index (κ3) is 3.52. The summed E-state index contributed by atoms with van der Waals surface area (Å²) in [5.74, 6) is 0.140. The second-order valence-corrected chi connectivity index (χ2v) is 7.04. The van der Waals surface area contributed by atoms with E-state index in [-0.39, 0.29) is 29.4 Å². The molecule has 0 atom stereocenters. The fourth-order valence-corrected chi connectivity index (χ4v) is 3.22. The predicted molar refractivity (Wildman–Crippen MR) is 90.1 cm³/mol. The van der Waals surface area contributed by atoms with E-state index in [0.717, 1.165) is 0 Å². The molecule has 0 aromatic carbocycles. The maximum atomic E-state index is 12.4. The van der Waals surface area contributed by atoms with Crippen molar-refractivity contribution in [1.82, 2.24) is 10.2 Å². The number of carbonyl (C=O) groups excluding carboxylic acids is 3. The third-order valence-corrected chi connectivity index (χ3v) is 4.50. The smallest absolute Gasteiger partial charge is 0.287 e. The van der Waals surface area contributed by atoms with Gasteiger partial charge in [-0.05, 0) is 26.2 Å². The van der Waals surface area contributed by atoms with E-state index in [4.69, 9.17) is 4.42 Å². The van der Waals surface area contributed by atoms with Crippen molar-refractivity contribution in [1.29, 1.82) is 0 Å². The van der Waals surface area contributed by atoms with E-state index in [2.05, 4.69) is 5.32 Å². The summed E-state index contributed by atoms with van der Waals surface area (Å²) in [7, 11) is 0. The summed E-state index contributed by atoms with van der Waals surface area (Å²) in [5, 5.41) is 2.60. The lowest BCUT2D eigenvalue weighted by atomic mass is 9.76. The number of Topliss-reactive ketones (excluding diaryl/α,β-unsaturated/α-hetero) is 1. The number of nitrogens with one attached hydrogen (secondary N) is 1. The molecule has 2 amide bonds. The number of hydrogen-bond donors (Lipinski definition) is 1. The SMILES string of the molecule is CCN(CC)C(=O)CNC(=O)c1oc2c(c1C)C(=O)CC(C)(C)C2. The molecule has 0 bridgehead atoms. The molecule has 1 heterocycles. The molecule has 1 aromatic heterocycles. The first-order valence-electron chi connectivity index (χ1n) is 8.41. The lowest BCUT2D eigenvalue weighted by Gasteiger charge is -2.27. The molecule has 6 heteroatoms. The van der Waals surface area contributed by atoms with Gasteiger partial charge in [-0.2, -0.15) is 0 Å². The van der Waals surface area contributed by atoms with Gasteiger partial charge in [0.05, 0.1) is 12.1 Å². The first-order chi connectivity index (χ1) is 11.2. The van der Waals surface area contributed by atoms with Crippen LogP contribution in [-0.4, -0.2) is 42.1 Å². The molecule has 0 saturated carbocycles. The number of furan rings is 1. The zero-order valence-corrected chi connectivity index (χ0v) is 15.1.